The number of amides is 1. The number of carbonyl (C=O) groups is 1. The van der Waals surface area contributed by atoms with Crippen molar-refractivity contribution in [3.63, 3.8) is 0 Å². The molecule has 1 unspecified atom stereocenters. The van der Waals surface area contributed by atoms with Gasteiger partial charge in [0.25, 0.3) is 0 Å². The molecule has 0 bridgehead atoms. The zero-order valence-corrected chi connectivity index (χ0v) is 11.2. The first-order valence-electron chi connectivity index (χ1n) is 4.79. The van der Waals surface area contributed by atoms with Crippen molar-refractivity contribution in [2.24, 2.45) is 0 Å². The highest BCUT2D eigenvalue weighted by atomic mass is 79.9. The summed E-state index contributed by atoms with van der Waals surface area (Å²) in [6.45, 7) is 7.61. The lowest BCUT2D eigenvalue weighted by molar-refractivity contribution is 0.0234. The maximum atomic E-state index is 11.6. The second kappa shape index (κ2) is 5.59. The second-order valence-corrected chi connectivity index (χ2v) is 5.21. The fourth-order valence-electron chi connectivity index (χ4n) is 0.865. The van der Waals surface area contributed by atoms with Crippen LogP contribution in [0.15, 0.2) is 0 Å². The molecule has 14 heavy (non-hydrogen) atoms. The number of nitrogens with zero attached hydrogens (tertiary/aromatic N) is 1. The molecule has 3 nitrogen and oxygen atoms in total. The van der Waals surface area contributed by atoms with Crippen LogP contribution in [0.4, 0.5) is 4.79 Å². The summed E-state index contributed by atoms with van der Waals surface area (Å²) in [5.74, 6) is 0. The van der Waals surface area contributed by atoms with Crippen LogP contribution in [-0.2, 0) is 4.74 Å². The van der Waals surface area contributed by atoms with Gasteiger partial charge in [0.15, 0.2) is 0 Å². The van der Waals surface area contributed by atoms with E-state index < -0.39 is 5.60 Å². The molecular formula is C10H20BrNO2. The molecule has 0 fully saturated rings. The zero-order valence-electron chi connectivity index (χ0n) is 9.63. The van der Waals surface area contributed by atoms with Crippen molar-refractivity contribution in [2.75, 3.05) is 12.4 Å². The Kier molecular flexibility index (Phi) is 5.49. The Labute approximate surface area is 94.9 Å². The first kappa shape index (κ1) is 13.8. The van der Waals surface area contributed by atoms with Crippen molar-refractivity contribution in [1.82, 2.24) is 4.90 Å². The van der Waals surface area contributed by atoms with E-state index in [2.05, 4.69) is 15.9 Å². The average Bonchev–Trinajstić information content (AvgIpc) is 2.00. The van der Waals surface area contributed by atoms with Crippen molar-refractivity contribution in [3.8, 4) is 0 Å². The highest BCUT2D eigenvalue weighted by Crippen LogP contribution is 2.12. The van der Waals surface area contributed by atoms with Gasteiger partial charge in [0.05, 0.1) is 0 Å². The smallest absolute Gasteiger partial charge is 0.410 e. The molecule has 0 spiro atoms. The maximum Gasteiger partial charge on any atom is 0.410 e. The normalized spacial score (nSPS) is 13.6. The van der Waals surface area contributed by atoms with Gasteiger partial charge in [-0.25, -0.2) is 4.79 Å². The summed E-state index contributed by atoms with van der Waals surface area (Å²) in [4.78, 5) is 13.2. The largest absolute Gasteiger partial charge is 0.444 e. The lowest BCUT2D eigenvalue weighted by atomic mass is 10.2. The predicted molar refractivity (Wildman–Crippen MR) is 61.9 cm³/mol. The van der Waals surface area contributed by atoms with E-state index in [1.54, 1.807) is 11.9 Å². The molecule has 0 saturated carbocycles. The van der Waals surface area contributed by atoms with E-state index in [4.69, 9.17) is 4.74 Å². The van der Waals surface area contributed by atoms with Crippen LogP contribution in [0, 0.1) is 0 Å². The summed E-state index contributed by atoms with van der Waals surface area (Å²) >= 11 is 3.35. The van der Waals surface area contributed by atoms with Gasteiger partial charge in [-0.2, -0.15) is 0 Å². The molecule has 0 saturated heterocycles. The Morgan fingerprint density at radius 1 is 1.50 bits per heavy atom. The summed E-state index contributed by atoms with van der Waals surface area (Å²) in [6.07, 6.45) is 0.668. The molecule has 0 aliphatic rings. The lowest BCUT2D eigenvalue weighted by Crippen LogP contribution is -2.39. The molecule has 0 aromatic rings. The van der Waals surface area contributed by atoms with Gasteiger partial charge in [0.2, 0.25) is 0 Å². The highest BCUT2D eigenvalue weighted by Gasteiger charge is 2.22. The van der Waals surface area contributed by atoms with Crippen molar-refractivity contribution in [3.05, 3.63) is 0 Å². The molecule has 0 aromatic heterocycles. The van der Waals surface area contributed by atoms with E-state index in [0.717, 1.165) is 11.8 Å². The number of ether oxygens (including phenoxy) is 1. The second-order valence-electron chi connectivity index (χ2n) is 4.42. The number of halogens is 1. The van der Waals surface area contributed by atoms with Gasteiger partial charge in [-0.3, -0.25) is 0 Å². The SMILES string of the molecule is CC(CCBr)N(C)C(=O)OC(C)(C)C. The minimum Gasteiger partial charge on any atom is -0.444 e. The van der Waals surface area contributed by atoms with Crippen LogP contribution in [0.2, 0.25) is 0 Å². The van der Waals surface area contributed by atoms with Gasteiger partial charge >= 0.3 is 6.09 Å². The van der Waals surface area contributed by atoms with Crippen molar-refractivity contribution in [2.45, 2.75) is 45.8 Å². The van der Waals surface area contributed by atoms with Crippen LogP contribution in [0.3, 0.4) is 0 Å². The molecule has 0 rings (SSSR count). The molecule has 1 atom stereocenters. The lowest BCUT2D eigenvalue weighted by Gasteiger charge is -2.28. The Balaban J connectivity index is 4.12. The van der Waals surface area contributed by atoms with Gasteiger partial charge in [-0.15, -0.1) is 0 Å². The predicted octanol–water partition coefficient (Wildman–Crippen LogP) is 3.03. The molecule has 0 N–H and O–H groups in total. The van der Waals surface area contributed by atoms with E-state index >= 15 is 0 Å². The minimum absolute atomic E-state index is 0.198. The third-order valence-corrected chi connectivity index (χ3v) is 2.33. The monoisotopic (exact) mass is 265 g/mol. The number of rotatable bonds is 3. The third-order valence-electron chi connectivity index (χ3n) is 1.87. The quantitative estimate of drug-likeness (QED) is 0.735. The summed E-state index contributed by atoms with van der Waals surface area (Å²) in [5.41, 5.74) is -0.417. The maximum absolute atomic E-state index is 11.6. The molecule has 0 heterocycles. The summed E-state index contributed by atoms with van der Waals surface area (Å²) in [7, 11) is 1.77. The molecule has 0 aromatic carbocycles. The zero-order chi connectivity index (χ0) is 11.4. The van der Waals surface area contributed by atoms with E-state index in [9.17, 15) is 4.79 Å². The summed E-state index contributed by atoms with van der Waals surface area (Å²) in [6, 6.07) is 0.198. The number of hydrogen-bond donors (Lipinski definition) is 0. The fraction of sp³-hybridized carbons (Fsp3) is 0.900. The van der Waals surface area contributed by atoms with E-state index in [-0.39, 0.29) is 12.1 Å². The Hall–Kier alpha value is -0.250. The van der Waals surface area contributed by atoms with Crippen molar-refractivity contribution >= 4 is 22.0 Å². The first-order valence-corrected chi connectivity index (χ1v) is 5.92. The molecule has 84 valence electrons. The molecule has 0 aliphatic heterocycles. The number of carbonyl (C=O) groups excluding carboxylic acids is 1. The summed E-state index contributed by atoms with van der Waals surface area (Å²) in [5, 5.41) is 0.890. The van der Waals surface area contributed by atoms with E-state index in [0.29, 0.717) is 0 Å². The van der Waals surface area contributed by atoms with Gasteiger partial charge in [0, 0.05) is 18.4 Å². The third kappa shape index (κ3) is 5.47. The van der Waals surface area contributed by atoms with Crippen LogP contribution in [-0.4, -0.2) is 35.0 Å². The van der Waals surface area contributed by atoms with Crippen molar-refractivity contribution < 1.29 is 9.53 Å². The average molecular weight is 266 g/mol. The van der Waals surface area contributed by atoms with Crippen molar-refractivity contribution in [1.29, 1.82) is 0 Å². The minimum atomic E-state index is -0.417. The number of hydrogen-bond acceptors (Lipinski definition) is 2. The van der Waals surface area contributed by atoms with E-state index in [1.165, 1.54) is 0 Å². The summed E-state index contributed by atoms with van der Waals surface area (Å²) < 4.78 is 5.24. The van der Waals surface area contributed by atoms with Gasteiger partial charge < -0.3 is 9.64 Å². The number of alkyl halides is 1. The van der Waals surface area contributed by atoms with Gasteiger partial charge in [0.1, 0.15) is 5.60 Å². The van der Waals surface area contributed by atoms with Crippen LogP contribution in [0.25, 0.3) is 0 Å². The topological polar surface area (TPSA) is 29.5 Å². The van der Waals surface area contributed by atoms with Crippen LogP contribution in [0.1, 0.15) is 34.1 Å². The van der Waals surface area contributed by atoms with Crippen LogP contribution < -0.4 is 0 Å². The molecule has 0 radical (unpaired) electrons. The Morgan fingerprint density at radius 3 is 2.36 bits per heavy atom. The molecule has 0 aliphatic carbocycles. The van der Waals surface area contributed by atoms with Crippen LogP contribution in [0.5, 0.6) is 0 Å². The highest BCUT2D eigenvalue weighted by molar-refractivity contribution is 9.09. The molecule has 4 heteroatoms. The molecule has 1 amide bonds. The van der Waals surface area contributed by atoms with Gasteiger partial charge in [-0.05, 0) is 34.1 Å². The van der Waals surface area contributed by atoms with E-state index in [1.807, 2.05) is 27.7 Å². The Morgan fingerprint density at radius 2 is 2.00 bits per heavy atom. The first-order chi connectivity index (χ1) is 6.28. The van der Waals surface area contributed by atoms with Crippen LogP contribution >= 0.6 is 15.9 Å². The standard InChI is InChI=1S/C10H20BrNO2/c1-8(6-7-11)12(5)9(13)14-10(2,3)4/h8H,6-7H2,1-5H3. The fourth-order valence-corrected chi connectivity index (χ4v) is 1.53. The molecular weight excluding hydrogens is 246 g/mol. The Bertz CT molecular complexity index is 189. The van der Waals surface area contributed by atoms with Gasteiger partial charge in [-0.1, -0.05) is 15.9 Å².